The molecule has 1 fully saturated rings. The first-order valence-electron chi connectivity index (χ1n) is 5.25. The third kappa shape index (κ3) is 2.02. The monoisotopic (exact) mass is 241 g/mol. The number of carbonyl (C=O) groups is 1. The molecule has 0 N–H and O–H groups in total. The summed E-state index contributed by atoms with van der Waals surface area (Å²) in [6.07, 6.45) is 0. The van der Waals surface area contributed by atoms with E-state index in [-0.39, 0.29) is 11.9 Å². The molecule has 0 bridgehead atoms. The number of esters is 1. The highest BCUT2D eigenvalue weighted by atomic mass is 32.1. The highest BCUT2D eigenvalue weighted by Crippen LogP contribution is 2.29. The van der Waals surface area contributed by atoms with Gasteiger partial charge in [-0.25, -0.2) is 4.98 Å². The van der Waals surface area contributed by atoms with Crippen molar-refractivity contribution >= 4 is 22.6 Å². The Kier molecular flexibility index (Phi) is 3.09. The van der Waals surface area contributed by atoms with Gasteiger partial charge in [0.15, 0.2) is 0 Å². The third-order valence-corrected chi connectivity index (χ3v) is 3.77. The smallest absolute Gasteiger partial charge is 0.310 e. The standard InChI is InChI=1S/C10H15N3O2S/c1-6-4-13(5-8(6)9(14)15-3)10-11-7(2)12-16-10/h6,8H,4-5H2,1-3H3. The van der Waals surface area contributed by atoms with Crippen molar-refractivity contribution in [1.82, 2.24) is 9.36 Å². The van der Waals surface area contributed by atoms with Crippen molar-refractivity contribution in [3.8, 4) is 0 Å². The normalized spacial score (nSPS) is 24.8. The van der Waals surface area contributed by atoms with E-state index in [2.05, 4.69) is 21.2 Å². The van der Waals surface area contributed by atoms with Crippen LogP contribution in [0.3, 0.4) is 0 Å². The second-order valence-electron chi connectivity index (χ2n) is 4.14. The first-order valence-corrected chi connectivity index (χ1v) is 6.02. The van der Waals surface area contributed by atoms with E-state index >= 15 is 0 Å². The molecule has 16 heavy (non-hydrogen) atoms. The Balaban J connectivity index is 2.09. The lowest BCUT2D eigenvalue weighted by atomic mass is 9.99. The maximum Gasteiger partial charge on any atom is 0.310 e. The van der Waals surface area contributed by atoms with Crippen LogP contribution in [-0.2, 0) is 9.53 Å². The average molecular weight is 241 g/mol. The molecule has 0 radical (unpaired) electrons. The molecule has 0 saturated carbocycles. The van der Waals surface area contributed by atoms with Crippen LogP contribution >= 0.6 is 11.5 Å². The number of rotatable bonds is 2. The SMILES string of the molecule is COC(=O)C1CN(c2nc(C)ns2)CC1C. The highest BCUT2D eigenvalue weighted by Gasteiger charge is 2.36. The summed E-state index contributed by atoms with van der Waals surface area (Å²) < 4.78 is 8.94. The van der Waals surface area contributed by atoms with Crippen LogP contribution in [0.25, 0.3) is 0 Å². The minimum Gasteiger partial charge on any atom is -0.469 e. The van der Waals surface area contributed by atoms with Gasteiger partial charge in [-0.15, -0.1) is 0 Å². The van der Waals surface area contributed by atoms with E-state index in [1.54, 1.807) is 0 Å². The van der Waals surface area contributed by atoms with Gasteiger partial charge in [0.25, 0.3) is 0 Å². The van der Waals surface area contributed by atoms with Gasteiger partial charge in [0.1, 0.15) is 5.82 Å². The fourth-order valence-corrected chi connectivity index (χ4v) is 2.69. The Bertz CT molecular complexity index is 393. The van der Waals surface area contributed by atoms with Gasteiger partial charge in [-0.3, -0.25) is 4.79 Å². The fraction of sp³-hybridized carbons (Fsp3) is 0.700. The molecule has 0 aromatic carbocycles. The summed E-state index contributed by atoms with van der Waals surface area (Å²) in [7, 11) is 1.44. The predicted molar refractivity (Wildman–Crippen MR) is 61.5 cm³/mol. The molecule has 0 aliphatic carbocycles. The van der Waals surface area contributed by atoms with Gasteiger partial charge < -0.3 is 9.64 Å². The number of ether oxygens (including phenoxy) is 1. The summed E-state index contributed by atoms with van der Waals surface area (Å²) in [5.74, 6) is 0.913. The van der Waals surface area contributed by atoms with Crippen LogP contribution < -0.4 is 4.90 Å². The maximum absolute atomic E-state index is 11.5. The van der Waals surface area contributed by atoms with Crippen LogP contribution in [0.2, 0.25) is 0 Å². The van der Waals surface area contributed by atoms with E-state index in [0.717, 1.165) is 17.5 Å². The zero-order chi connectivity index (χ0) is 11.7. The molecule has 2 rings (SSSR count). The summed E-state index contributed by atoms with van der Waals surface area (Å²) in [4.78, 5) is 18.0. The molecule has 1 aliphatic heterocycles. The second kappa shape index (κ2) is 4.37. The summed E-state index contributed by atoms with van der Waals surface area (Å²) in [5, 5.41) is 0.899. The van der Waals surface area contributed by atoms with Crippen molar-refractivity contribution in [3.63, 3.8) is 0 Å². The van der Waals surface area contributed by atoms with Crippen molar-refractivity contribution in [1.29, 1.82) is 0 Å². The van der Waals surface area contributed by atoms with E-state index in [4.69, 9.17) is 4.74 Å². The topological polar surface area (TPSA) is 55.3 Å². The number of aryl methyl sites for hydroxylation is 1. The number of aromatic nitrogens is 2. The van der Waals surface area contributed by atoms with Crippen LogP contribution in [0, 0.1) is 18.8 Å². The summed E-state index contributed by atoms with van der Waals surface area (Å²) in [6, 6.07) is 0. The Morgan fingerprint density at radius 3 is 2.88 bits per heavy atom. The molecule has 0 spiro atoms. The summed E-state index contributed by atoms with van der Waals surface area (Å²) in [6.45, 7) is 5.46. The number of methoxy groups -OCH3 is 1. The summed E-state index contributed by atoms with van der Waals surface area (Å²) in [5.41, 5.74) is 0. The molecule has 88 valence electrons. The molecule has 1 aromatic heterocycles. The van der Waals surface area contributed by atoms with Gasteiger partial charge >= 0.3 is 5.97 Å². The molecule has 1 saturated heterocycles. The lowest BCUT2D eigenvalue weighted by molar-refractivity contribution is -0.145. The molecule has 2 heterocycles. The lowest BCUT2D eigenvalue weighted by Gasteiger charge is -2.12. The van der Waals surface area contributed by atoms with Crippen molar-refractivity contribution in [2.75, 3.05) is 25.1 Å². The molecule has 0 amide bonds. The maximum atomic E-state index is 11.5. The molecule has 1 aromatic rings. The van der Waals surface area contributed by atoms with E-state index < -0.39 is 0 Å². The summed E-state index contributed by atoms with van der Waals surface area (Å²) >= 11 is 1.38. The van der Waals surface area contributed by atoms with Gasteiger partial charge in [-0.05, 0) is 12.8 Å². The first-order chi connectivity index (χ1) is 7.61. The molecular formula is C10H15N3O2S. The molecule has 1 aliphatic rings. The number of anilines is 1. The average Bonchev–Trinajstić information content (AvgIpc) is 2.83. The van der Waals surface area contributed by atoms with Crippen LogP contribution in [0.1, 0.15) is 12.7 Å². The van der Waals surface area contributed by atoms with E-state index in [1.165, 1.54) is 18.6 Å². The molecule has 2 atom stereocenters. The molecular weight excluding hydrogens is 226 g/mol. The van der Waals surface area contributed by atoms with Crippen molar-refractivity contribution < 1.29 is 9.53 Å². The van der Waals surface area contributed by atoms with Crippen LogP contribution in [-0.4, -0.2) is 35.5 Å². The van der Waals surface area contributed by atoms with Crippen LogP contribution in [0.4, 0.5) is 5.13 Å². The Morgan fingerprint density at radius 2 is 2.31 bits per heavy atom. The number of hydrogen-bond acceptors (Lipinski definition) is 6. The molecule has 2 unspecified atom stereocenters. The zero-order valence-corrected chi connectivity index (χ0v) is 10.5. The second-order valence-corrected chi connectivity index (χ2v) is 4.87. The van der Waals surface area contributed by atoms with E-state index in [9.17, 15) is 4.79 Å². The Hall–Kier alpha value is -1.17. The zero-order valence-electron chi connectivity index (χ0n) is 9.64. The Morgan fingerprint density at radius 1 is 1.56 bits per heavy atom. The van der Waals surface area contributed by atoms with Gasteiger partial charge in [0.05, 0.1) is 13.0 Å². The number of hydrogen-bond donors (Lipinski definition) is 0. The minimum absolute atomic E-state index is 0.0470. The fourth-order valence-electron chi connectivity index (χ4n) is 2.00. The first kappa shape index (κ1) is 11.3. The van der Waals surface area contributed by atoms with Gasteiger partial charge in [0.2, 0.25) is 5.13 Å². The van der Waals surface area contributed by atoms with Crippen molar-refractivity contribution in [2.24, 2.45) is 11.8 Å². The lowest BCUT2D eigenvalue weighted by Crippen LogP contribution is -2.24. The third-order valence-electron chi connectivity index (χ3n) is 2.90. The van der Waals surface area contributed by atoms with E-state index in [0.29, 0.717) is 12.5 Å². The van der Waals surface area contributed by atoms with Gasteiger partial charge in [0, 0.05) is 24.6 Å². The van der Waals surface area contributed by atoms with Gasteiger partial charge in [-0.2, -0.15) is 4.37 Å². The quantitative estimate of drug-likeness (QED) is 0.725. The minimum atomic E-state index is -0.128. The Labute approximate surface area is 98.6 Å². The van der Waals surface area contributed by atoms with Crippen LogP contribution in [0.15, 0.2) is 0 Å². The van der Waals surface area contributed by atoms with Crippen molar-refractivity contribution in [2.45, 2.75) is 13.8 Å². The van der Waals surface area contributed by atoms with Crippen molar-refractivity contribution in [3.05, 3.63) is 5.82 Å². The molecule has 6 heteroatoms. The van der Waals surface area contributed by atoms with Gasteiger partial charge in [-0.1, -0.05) is 6.92 Å². The number of nitrogens with zero attached hydrogens (tertiary/aromatic N) is 3. The largest absolute Gasteiger partial charge is 0.469 e. The highest BCUT2D eigenvalue weighted by molar-refractivity contribution is 7.09. The predicted octanol–water partition coefficient (Wildman–Crippen LogP) is 1.09. The van der Waals surface area contributed by atoms with E-state index in [1.807, 2.05) is 6.92 Å². The number of carbonyl (C=O) groups excluding carboxylic acids is 1. The van der Waals surface area contributed by atoms with Crippen LogP contribution in [0.5, 0.6) is 0 Å². The molecule has 5 nitrogen and oxygen atoms in total.